The average Bonchev–Trinajstić information content (AvgIpc) is 2.75. The van der Waals surface area contributed by atoms with Crippen LogP contribution in [0, 0.1) is 11.6 Å². The lowest BCUT2D eigenvalue weighted by molar-refractivity contribution is 0.0703. The Bertz CT molecular complexity index is 676. The van der Waals surface area contributed by atoms with Crippen molar-refractivity contribution in [2.45, 2.75) is 19.4 Å². The Kier molecular flexibility index (Phi) is 4.18. The molecule has 116 valence electrons. The molecule has 1 amide bonds. The van der Waals surface area contributed by atoms with Crippen LogP contribution in [0.5, 0.6) is 0 Å². The first-order chi connectivity index (χ1) is 9.75. The summed E-state index contributed by atoms with van der Waals surface area (Å²) < 4.78 is 49.9. The molecule has 1 aromatic rings. The molecule has 1 unspecified atom stereocenters. The number of nitrogen functional groups attached to an aromatic ring is 1. The monoisotopic (exact) mass is 318 g/mol. The van der Waals surface area contributed by atoms with Crippen LogP contribution in [0.2, 0.25) is 0 Å². The maximum atomic E-state index is 13.8. The Morgan fingerprint density at radius 3 is 2.57 bits per heavy atom. The Morgan fingerprint density at radius 2 is 2.05 bits per heavy atom. The molecule has 0 aromatic heterocycles. The summed E-state index contributed by atoms with van der Waals surface area (Å²) in [6.07, 6.45) is 0.320. The predicted molar refractivity (Wildman–Crippen MR) is 74.5 cm³/mol. The van der Waals surface area contributed by atoms with Crippen LogP contribution in [0.15, 0.2) is 12.1 Å². The standard InChI is InChI=1S/C13H16F2N2O3S/c1-2-17(8-3-4-21(19,20)7-8)13(18)9-5-12(16)11(15)6-10(9)14/h5-6,8H,2-4,7,16H2,1H3. The minimum atomic E-state index is -3.16. The van der Waals surface area contributed by atoms with Gasteiger partial charge in [0.05, 0.1) is 22.8 Å². The third-order valence-electron chi connectivity index (χ3n) is 3.57. The first-order valence-electron chi connectivity index (χ1n) is 6.51. The van der Waals surface area contributed by atoms with Gasteiger partial charge in [0.15, 0.2) is 9.84 Å². The highest BCUT2D eigenvalue weighted by atomic mass is 32.2. The summed E-state index contributed by atoms with van der Waals surface area (Å²) in [5, 5.41) is 0. The van der Waals surface area contributed by atoms with Crippen LogP contribution in [-0.2, 0) is 9.84 Å². The summed E-state index contributed by atoms with van der Waals surface area (Å²) in [5.41, 5.74) is 4.69. The van der Waals surface area contributed by atoms with Crippen molar-refractivity contribution in [3.05, 3.63) is 29.3 Å². The van der Waals surface area contributed by atoms with E-state index in [9.17, 15) is 22.0 Å². The van der Waals surface area contributed by atoms with E-state index in [2.05, 4.69) is 0 Å². The zero-order valence-corrected chi connectivity index (χ0v) is 12.3. The predicted octanol–water partition coefficient (Wildman–Crippen LogP) is 1.20. The number of benzene rings is 1. The summed E-state index contributed by atoms with van der Waals surface area (Å²) in [5.74, 6) is -2.74. The van der Waals surface area contributed by atoms with Gasteiger partial charge in [-0.25, -0.2) is 17.2 Å². The molecule has 2 N–H and O–H groups in total. The number of rotatable bonds is 3. The van der Waals surface area contributed by atoms with Gasteiger partial charge in [0.2, 0.25) is 0 Å². The third-order valence-corrected chi connectivity index (χ3v) is 5.32. The van der Waals surface area contributed by atoms with Gasteiger partial charge in [-0.1, -0.05) is 0 Å². The van der Waals surface area contributed by atoms with E-state index in [0.29, 0.717) is 12.5 Å². The quantitative estimate of drug-likeness (QED) is 0.849. The van der Waals surface area contributed by atoms with Crippen molar-refractivity contribution in [3.8, 4) is 0 Å². The van der Waals surface area contributed by atoms with Gasteiger partial charge in [0, 0.05) is 18.7 Å². The zero-order chi connectivity index (χ0) is 15.8. The molecule has 21 heavy (non-hydrogen) atoms. The van der Waals surface area contributed by atoms with E-state index in [1.807, 2.05) is 0 Å². The fraction of sp³-hybridized carbons (Fsp3) is 0.462. The van der Waals surface area contributed by atoms with Crippen molar-refractivity contribution in [1.82, 2.24) is 4.90 Å². The smallest absolute Gasteiger partial charge is 0.257 e. The number of halogens is 2. The van der Waals surface area contributed by atoms with Gasteiger partial charge in [-0.15, -0.1) is 0 Å². The molecule has 2 rings (SSSR count). The van der Waals surface area contributed by atoms with Crippen LogP contribution in [0.25, 0.3) is 0 Å². The largest absolute Gasteiger partial charge is 0.396 e. The summed E-state index contributed by atoms with van der Waals surface area (Å²) in [6.45, 7) is 1.91. The van der Waals surface area contributed by atoms with E-state index in [1.165, 1.54) is 4.90 Å². The highest BCUT2D eigenvalue weighted by Gasteiger charge is 2.35. The number of amides is 1. The molecule has 8 heteroatoms. The first-order valence-corrected chi connectivity index (χ1v) is 8.33. The summed E-state index contributed by atoms with van der Waals surface area (Å²) in [4.78, 5) is 13.7. The van der Waals surface area contributed by atoms with Crippen molar-refractivity contribution in [2.75, 3.05) is 23.8 Å². The number of sulfone groups is 1. The van der Waals surface area contributed by atoms with Crippen LogP contribution < -0.4 is 5.73 Å². The summed E-state index contributed by atoms with van der Waals surface area (Å²) >= 11 is 0. The number of nitrogens with two attached hydrogens (primary N) is 1. The molecule has 0 spiro atoms. The van der Waals surface area contributed by atoms with Gasteiger partial charge in [0.1, 0.15) is 11.6 Å². The van der Waals surface area contributed by atoms with Crippen LogP contribution in [0.4, 0.5) is 14.5 Å². The van der Waals surface area contributed by atoms with Gasteiger partial charge in [0.25, 0.3) is 5.91 Å². The Balaban J connectivity index is 2.31. The normalized spacial score (nSPS) is 20.4. The van der Waals surface area contributed by atoms with E-state index >= 15 is 0 Å². The number of hydrogen-bond acceptors (Lipinski definition) is 4. The van der Waals surface area contributed by atoms with Crippen molar-refractivity contribution in [3.63, 3.8) is 0 Å². The van der Waals surface area contributed by atoms with Crippen LogP contribution >= 0.6 is 0 Å². The molecule has 5 nitrogen and oxygen atoms in total. The van der Waals surface area contributed by atoms with Crippen LogP contribution in [0.3, 0.4) is 0 Å². The Hall–Kier alpha value is -1.70. The second-order valence-corrected chi connectivity index (χ2v) is 7.23. The van der Waals surface area contributed by atoms with Crippen molar-refractivity contribution in [2.24, 2.45) is 0 Å². The Morgan fingerprint density at radius 1 is 1.38 bits per heavy atom. The van der Waals surface area contributed by atoms with E-state index < -0.39 is 33.4 Å². The highest BCUT2D eigenvalue weighted by molar-refractivity contribution is 7.91. The third kappa shape index (κ3) is 3.15. The maximum absolute atomic E-state index is 13.8. The maximum Gasteiger partial charge on any atom is 0.257 e. The second kappa shape index (κ2) is 5.59. The number of nitrogens with zero attached hydrogens (tertiary/aromatic N) is 1. The summed E-state index contributed by atoms with van der Waals surface area (Å²) in [6, 6.07) is 1.01. The minimum absolute atomic E-state index is 0.00941. The molecule has 0 saturated carbocycles. The number of hydrogen-bond donors (Lipinski definition) is 1. The van der Waals surface area contributed by atoms with Gasteiger partial charge in [-0.05, 0) is 19.4 Å². The van der Waals surface area contributed by atoms with Gasteiger partial charge >= 0.3 is 0 Å². The van der Waals surface area contributed by atoms with Gasteiger partial charge in [-0.3, -0.25) is 4.79 Å². The van der Waals surface area contributed by atoms with E-state index in [-0.39, 0.29) is 29.3 Å². The fourth-order valence-electron chi connectivity index (χ4n) is 2.47. The van der Waals surface area contributed by atoms with Crippen molar-refractivity contribution in [1.29, 1.82) is 0 Å². The molecular weight excluding hydrogens is 302 g/mol. The van der Waals surface area contributed by atoms with E-state index in [0.717, 1.165) is 6.07 Å². The summed E-state index contributed by atoms with van der Waals surface area (Å²) in [7, 11) is -3.16. The van der Waals surface area contributed by atoms with Crippen molar-refractivity contribution < 1.29 is 22.0 Å². The zero-order valence-electron chi connectivity index (χ0n) is 11.5. The molecule has 1 saturated heterocycles. The minimum Gasteiger partial charge on any atom is -0.396 e. The SMILES string of the molecule is CCN(C(=O)c1cc(N)c(F)cc1F)C1CCS(=O)(=O)C1. The van der Waals surface area contributed by atoms with Gasteiger partial charge in [-0.2, -0.15) is 0 Å². The molecular formula is C13H16F2N2O3S. The van der Waals surface area contributed by atoms with E-state index in [4.69, 9.17) is 5.73 Å². The highest BCUT2D eigenvalue weighted by Crippen LogP contribution is 2.23. The molecule has 1 aliphatic heterocycles. The fourth-order valence-corrected chi connectivity index (χ4v) is 4.20. The van der Waals surface area contributed by atoms with Crippen molar-refractivity contribution >= 4 is 21.4 Å². The van der Waals surface area contributed by atoms with Crippen LogP contribution in [-0.4, -0.2) is 43.3 Å². The molecule has 0 radical (unpaired) electrons. The molecule has 1 fully saturated rings. The molecule has 1 aliphatic rings. The molecule has 0 aliphatic carbocycles. The van der Waals surface area contributed by atoms with E-state index in [1.54, 1.807) is 6.92 Å². The molecule has 1 aromatic carbocycles. The van der Waals surface area contributed by atoms with Gasteiger partial charge < -0.3 is 10.6 Å². The molecule has 1 heterocycles. The lowest BCUT2D eigenvalue weighted by atomic mass is 10.1. The van der Waals surface area contributed by atoms with Crippen LogP contribution in [0.1, 0.15) is 23.7 Å². The molecule has 0 bridgehead atoms. The molecule has 1 atom stereocenters. The number of anilines is 1. The average molecular weight is 318 g/mol. The second-order valence-electron chi connectivity index (χ2n) is 5.00. The number of carbonyl (C=O) groups is 1. The Labute approximate surface area is 121 Å². The topological polar surface area (TPSA) is 80.5 Å². The lowest BCUT2D eigenvalue weighted by Crippen LogP contribution is -2.41. The lowest BCUT2D eigenvalue weighted by Gasteiger charge is -2.27. The number of carbonyl (C=O) groups excluding carboxylic acids is 1. The first kappa shape index (κ1) is 15.7.